The van der Waals surface area contributed by atoms with Gasteiger partial charge >= 0.3 is 5.97 Å². The van der Waals surface area contributed by atoms with Crippen LogP contribution in [0, 0.1) is 18.3 Å². The van der Waals surface area contributed by atoms with Crippen LogP contribution in [0.4, 0.5) is 0 Å². The van der Waals surface area contributed by atoms with Crippen molar-refractivity contribution in [1.29, 1.82) is 0 Å². The van der Waals surface area contributed by atoms with Gasteiger partial charge in [0.1, 0.15) is 0 Å². The molecule has 0 aliphatic heterocycles. The predicted octanol–water partition coefficient (Wildman–Crippen LogP) is 3.15. The van der Waals surface area contributed by atoms with E-state index in [9.17, 15) is 14.7 Å². The highest BCUT2D eigenvalue weighted by Crippen LogP contribution is 2.32. The molecule has 1 aromatic rings. The minimum Gasteiger partial charge on any atom is -0.481 e. The summed E-state index contributed by atoms with van der Waals surface area (Å²) in [7, 11) is 1.73. The zero-order chi connectivity index (χ0) is 15.5. The Hall–Kier alpha value is -1.36. The van der Waals surface area contributed by atoms with E-state index in [1.807, 2.05) is 32.2 Å². The molecule has 1 aromatic heterocycles. The molecule has 1 amide bonds. The number of carboxylic acids is 1. The number of carbonyl (C=O) groups excluding carboxylic acids is 1. The quantitative estimate of drug-likeness (QED) is 0.877. The van der Waals surface area contributed by atoms with E-state index in [0.717, 1.165) is 4.88 Å². The number of aliphatic carboxylic acids is 1. The van der Waals surface area contributed by atoms with E-state index in [2.05, 4.69) is 0 Å². The molecule has 0 fully saturated rings. The molecule has 0 bridgehead atoms. The SMILES string of the molecule is Cc1ccsc1CN(C)C(=O)CC(C)(C(=O)O)C(C)C. The van der Waals surface area contributed by atoms with E-state index in [1.165, 1.54) is 5.56 Å². The molecule has 1 heterocycles. The van der Waals surface area contributed by atoms with Crippen molar-refractivity contribution in [3.05, 3.63) is 21.9 Å². The van der Waals surface area contributed by atoms with Crippen LogP contribution in [-0.4, -0.2) is 28.9 Å². The molecule has 4 nitrogen and oxygen atoms in total. The zero-order valence-electron chi connectivity index (χ0n) is 12.8. The second kappa shape index (κ2) is 6.39. The Labute approximate surface area is 124 Å². The van der Waals surface area contributed by atoms with Gasteiger partial charge in [0.25, 0.3) is 0 Å². The highest BCUT2D eigenvalue weighted by Gasteiger charge is 2.39. The summed E-state index contributed by atoms with van der Waals surface area (Å²) in [4.78, 5) is 26.5. The Morgan fingerprint density at radius 1 is 1.45 bits per heavy atom. The lowest BCUT2D eigenvalue weighted by Crippen LogP contribution is -2.39. The van der Waals surface area contributed by atoms with Gasteiger partial charge in [0.2, 0.25) is 5.91 Å². The normalized spacial score (nSPS) is 14.1. The fourth-order valence-corrected chi connectivity index (χ4v) is 2.80. The molecule has 0 aliphatic rings. The summed E-state index contributed by atoms with van der Waals surface area (Å²) >= 11 is 1.62. The molecule has 0 saturated carbocycles. The summed E-state index contributed by atoms with van der Waals surface area (Å²) in [5, 5.41) is 11.4. The van der Waals surface area contributed by atoms with E-state index in [-0.39, 0.29) is 18.2 Å². The number of carboxylic acid groups (broad SMARTS) is 1. The highest BCUT2D eigenvalue weighted by atomic mass is 32.1. The predicted molar refractivity (Wildman–Crippen MR) is 80.7 cm³/mol. The lowest BCUT2D eigenvalue weighted by Gasteiger charge is -2.30. The van der Waals surface area contributed by atoms with Gasteiger partial charge in [-0.05, 0) is 36.8 Å². The zero-order valence-corrected chi connectivity index (χ0v) is 13.6. The van der Waals surface area contributed by atoms with E-state index in [4.69, 9.17) is 0 Å². The van der Waals surface area contributed by atoms with Crippen molar-refractivity contribution in [3.63, 3.8) is 0 Å². The second-order valence-corrected chi connectivity index (χ2v) is 6.83. The topological polar surface area (TPSA) is 57.6 Å². The molecule has 1 rings (SSSR count). The number of aryl methyl sites for hydroxylation is 1. The average molecular weight is 297 g/mol. The van der Waals surface area contributed by atoms with Crippen molar-refractivity contribution < 1.29 is 14.7 Å². The number of hydrogen-bond acceptors (Lipinski definition) is 3. The third-order valence-electron chi connectivity index (χ3n) is 4.06. The monoisotopic (exact) mass is 297 g/mol. The summed E-state index contributed by atoms with van der Waals surface area (Å²) in [6, 6.07) is 2.02. The van der Waals surface area contributed by atoms with Crippen molar-refractivity contribution in [2.24, 2.45) is 11.3 Å². The average Bonchev–Trinajstić information content (AvgIpc) is 2.74. The lowest BCUT2D eigenvalue weighted by molar-refractivity contribution is -0.155. The smallest absolute Gasteiger partial charge is 0.310 e. The first-order valence-electron chi connectivity index (χ1n) is 6.68. The van der Waals surface area contributed by atoms with Gasteiger partial charge in [-0.15, -0.1) is 11.3 Å². The van der Waals surface area contributed by atoms with Crippen LogP contribution < -0.4 is 0 Å². The first-order chi connectivity index (χ1) is 9.18. The second-order valence-electron chi connectivity index (χ2n) is 5.83. The first kappa shape index (κ1) is 16.7. The maximum absolute atomic E-state index is 12.3. The van der Waals surface area contributed by atoms with Crippen molar-refractivity contribution in [1.82, 2.24) is 4.90 Å². The van der Waals surface area contributed by atoms with Crippen LogP contribution in [0.1, 0.15) is 37.6 Å². The van der Waals surface area contributed by atoms with Gasteiger partial charge < -0.3 is 10.0 Å². The lowest BCUT2D eigenvalue weighted by atomic mass is 9.76. The fourth-order valence-electron chi connectivity index (χ4n) is 1.85. The molecule has 1 N–H and O–H groups in total. The van der Waals surface area contributed by atoms with Crippen molar-refractivity contribution in [3.8, 4) is 0 Å². The molecule has 1 unspecified atom stereocenters. The molecule has 0 aromatic carbocycles. The molecule has 20 heavy (non-hydrogen) atoms. The number of thiophene rings is 1. The molecule has 5 heteroatoms. The van der Waals surface area contributed by atoms with Crippen molar-refractivity contribution >= 4 is 23.2 Å². The molecule has 112 valence electrons. The third-order valence-corrected chi connectivity index (χ3v) is 5.06. The van der Waals surface area contributed by atoms with Crippen LogP contribution in [0.25, 0.3) is 0 Å². The summed E-state index contributed by atoms with van der Waals surface area (Å²) < 4.78 is 0. The van der Waals surface area contributed by atoms with Gasteiger partial charge in [-0.2, -0.15) is 0 Å². The van der Waals surface area contributed by atoms with E-state index in [0.29, 0.717) is 6.54 Å². The Kier molecular flexibility index (Phi) is 5.34. The van der Waals surface area contributed by atoms with Crippen LogP contribution in [0.5, 0.6) is 0 Å². The molecular formula is C15H23NO3S. The van der Waals surface area contributed by atoms with Gasteiger partial charge in [-0.25, -0.2) is 0 Å². The number of nitrogens with zero attached hydrogens (tertiary/aromatic N) is 1. The van der Waals surface area contributed by atoms with E-state index >= 15 is 0 Å². The minimum atomic E-state index is -1.02. The largest absolute Gasteiger partial charge is 0.481 e. The van der Waals surface area contributed by atoms with E-state index in [1.54, 1.807) is 30.2 Å². The Bertz CT molecular complexity index is 495. The summed E-state index contributed by atoms with van der Waals surface area (Å²) in [6.45, 7) is 7.87. The summed E-state index contributed by atoms with van der Waals surface area (Å²) in [6.07, 6.45) is 0.0287. The maximum Gasteiger partial charge on any atom is 0.310 e. The molecule has 1 atom stereocenters. The molecular weight excluding hydrogens is 274 g/mol. The standard InChI is InChI=1S/C15H23NO3S/c1-10(2)15(4,14(18)19)8-13(17)16(5)9-12-11(3)6-7-20-12/h6-7,10H,8-9H2,1-5H3,(H,18,19). The summed E-state index contributed by atoms with van der Waals surface area (Å²) in [5.74, 6) is -1.14. The van der Waals surface area contributed by atoms with Gasteiger partial charge in [-0.3, -0.25) is 9.59 Å². The van der Waals surface area contributed by atoms with Gasteiger partial charge in [0.05, 0.1) is 12.0 Å². The van der Waals surface area contributed by atoms with Gasteiger partial charge in [0, 0.05) is 18.3 Å². The van der Waals surface area contributed by atoms with Crippen LogP contribution in [0.15, 0.2) is 11.4 Å². The molecule has 0 spiro atoms. The highest BCUT2D eigenvalue weighted by molar-refractivity contribution is 7.10. The fraction of sp³-hybridized carbons (Fsp3) is 0.600. The van der Waals surface area contributed by atoms with Crippen LogP contribution >= 0.6 is 11.3 Å². The molecule has 0 aliphatic carbocycles. The van der Waals surface area contributed by atoms with Gasteiger partial charge in [0.15, 0.2) is 0 Å². The van der Waals surface area contributed by atoms with Crippen LogP contribution in [-0.2, 0) is 16.1 Å². The molecule has 0 radical (unpaired) electrons. The minimum absolute atomic E-state index is 0.0287. The Morgan fingerprint density at radius 3 is 2.45 bits per heavy atom. The summed E-state index contributed by atoms with van der Waals surface area (Å²) in [5.41, 5.74) is 0.148. The Morgan fingerprint density at radius 2 is 2.05 bits per heavy atom. The van der Waals surface area contributed by atoms with Crippen LogP contribution in [0.3, 0.4) is 0 Å². The number of hydrogen-bond donors (Lipinski definition) is 1. The van der Waals surface area contributed by atoms with Gasteiger partial charge in [-0.1, -0.05) is 13.8 Å². The number of amides is 1. The first-order valence-corrected chi connectivity index (χ1v) is 7.56. The molecule has 0 saturated heterocycles. The van der Waals surface area contributed by atoms with Crippen molar-refractivity contribution in [2.45, 2.75) is 40.7 Å². The number of carbonyl (C=O) groups is 2. The van der Waals surface area contributed by atoms with E-state index < -0.39 is 11.4 Å². The van der Waals surface area contributed by atoms with Crippen molar-refractivity contribution in [2.75, 3.05) is 7.05 Å². The maximum atomic E-state index is 12.3. The van der Waals surface area contributed by atoms with Crippen LogP contribution in [0.2, 0.25) is 0 Å². The number of rotatable bonds is 6. The Balaban J connectivity index is 2.75. The third kappa shape index (κ3) is 3.60.